The molecule has 0 bridgehead atoms. The summed E-state index contributed by atoms with van der Waals surface area (Å²) >= 11 is 0. The van der Waals surface area contributed by atoms with Crippen molar-refractivity contribution in [2.75, 3.05) is 10.6 Å². The normalized spacial score (nSPS) is 13.5. The van der Waals surface area contributed by atoms with Crippen LogP contribution >= 0.6 is 0 Å². The van der Waals surface area contributed by atoms with Gasteiger partial charge in [0.25, 0.3) is 17.4 Å². The number of nitrogen functional groups attached to an aromatic ring is 1. The molecule has 2 aromatic heterocycles. The van der Waals surface area contributed by atoms with E-state index in [0.717, 1.165) is 0 Å². The molecule has 3 heterocycles. The maximum absolute atomic E-state index is 12.9. The van der Waals surface area contributed by atoms with Gasteiger partial charge in [-0.2, -0.15) is 4.98 Å². The Kier molecular flexibility index (Phi) is 5.63. The van der Waals surface area contributed by atoms with Gasteiger partial charge in [0.05, 0.1) is 12.2 Å². The Bertz CT molecular complexity index is 1400. The number of carboxylic acids is 2. The lowest BCUT2D eigenvalue weighted by Gasteiger charge is -2.16. The van der Waals surface area contributed by atoms with E-state index in [0.29, 0.717) is 5.69 Å². The number of rotatable bonds is 7. The van der Waals surface area contributed by atoms with Gasteiger partial charge in [0.1, 0.15) is 6.04 Å². The van der Waals surface area contributed by atoms with E-state index in [2.05, 4.69) is 25.3 Å². The van der Waals surface area contributed by atoms with E-state index in [1.807, 2.05) is 0 Å². The van der Waals surface area contributed by atoms with E-state index in [-0.39, 0.29) is 47.0 Å². The summed E-state index contributed by atoms with van der Waals surface area (Å²) in [5.41, 5.74) is 5.65. The number of nitrogens with one attached hydrogen (secondary N) is 2. The summed E-state index contributed by atoms with van der Waals surface area (Å²) in [6, 6.07) is 4.38. The van der Waals surface area contributed by atoms with Crippen molar-refractivity contribution in [1.29, 1.82) is 0 Å². The van der Waals surface area contributed by atoms with Crippen LogP contribution in [0.4, 0.5) is 11.6 Å². The lowest BCUT2D eigenvalue weighted by atomic mass is 10.1. The van der Waals surface area contributed by atoms with E-state index in [9.17, 15) is 29.1 Å². The van der Waals surface area contributed by atoms with Gasteiger partial charge in [-0.05, 0) is 30.7 Å². The summed E-state index contributed by atoms with van der Waals surface area (Å²) in [6.45, 7) is 0.0305. The third kappa shape index (κ3) is 4.23. The predicted molar refractivity (Wildman–Crippen MR) is 115 cm³/mol. The SMILES string of the molecule is Nc1nc2nc3c(nc2c(=O)[nH]1)CN(c1ccc(C(=O)N[C@@H](CCC(=O)O)C(=O)O)cc1)C3=O. The number of aromatic nitrogens is 4. The molecule has 0 spiro atoms. The Hall–Kier alpha value is -4.88. The highest BCUT2D eigenvalue weighted by Crippen LogP contribution is 2.27. The molecule has 174 valence electrons. The van der Waals surface area contributed by atoms with E-state index in [1.54, 1.807) is 0 Å². The molecular formula is C20H17N7O7. The van der Waals surface area contributed by atoms with Crippen LogP contribution in [-0.2, 0) is 16.1 Å². The molecule has 1 atom stereocenters. The average molecular weight is 467 g/mol. The van der Waals surface area contributed by atoms with E-state index < -0.39 is 41.8 Å². The summed E-state index contributed by atoms with van der Waals surface area (Å²) in [6.07, 6.45) is -0.689. The average Bonchev–Trinajstić information content (AvgIpc) is 3.10. The van der Waals surface area contributed by atoms with Gasteiger partial charge in [-0.15, -0.1) is 0 Å². The summed E-state index contributed by atoms with van der Waals surface area (Å²) in [5.74, 6) is -3.88. The summed E-state index contributed by atoms with van der Waals surface area (Å²) in [7, 11) is 0. The zero-order valence-electron chi connectivity index (χ0n) is 17.3. The Morgan fingerprint density at radius 2 is 1.82 bits per heavy atom. The Morgan fingerprint density at radius 3 is 2.47 bits per heavy atom. The molecule has 14 nitrogen and oxygen atoms in total. The number of amides is 2. The van der Waals surface area contributed by atoms with Crippen LogP contribution in [0.15, 0.2) is 29.1 Å². The van der Waals surface area contributed by atoms with Crippen molar-refractivity contribution in [3.8, 4) is 0 Å². The molecule has 1 aliphatic rings. The number of benzene rings is 1. The molecule has 34 heavy (non-hydrogen) atoms. The van der Waals surface area contributed by atoms with Crippen molar-refractivity contribution in [1.82, 2.24) is 25.3 Å². The molecule has 1 aliphatic heterocycles. The molecule has 14 heteroatoms. The number of hydrogen-bond acceptors (Lipinski definition) is 9. The second-order valence-electron chi connectivity index (χ2n) is 7.38. The molecule has 0 fully saturated rings. The number of fused-ring (bicyclic) bond motifs is 2. The number of carboxylic acid groups (broad SMARTS) is 2. The number of aromatic amines is 1. The van der Waals surface area contributed by atoms with Gasteiger partial charge < -0.3 is 26.2 Å². The van der Waals surface area contributed by atoms with Crippen LogP contribution in [0.3, 0.4) is 0 Å². The number of carbonyl (C=O) groups is 4. The van der Waals surface area contributed by atoms with Gasteiger partial charge in [0.2, 0.25) is 5.95 Å². The fourth-order valence-electron chi connectivity index (χ4n) is 3.41. The standard InChI is InChI=1S/C20H17N7O7/c21-20-25-15-14(17(31)26-20)22-11-7-27(18(32)13(11)24-15)9-3-1-8(2-4-9)16(30)23-10(19(33)34)5-6-12(28)29/h1-4,10H,5-7H2,(H,23,30)(H,28,29)(H,33,34)(H3,21,24,25,26,31)/t10-/m0/s1. The first-order chi connectivity index (χ1) is 16.1. The molecule has 2 amide bonds. The number of carbonyl (C=O) groups excluding carboxylic acids is 2. The number of nitrogens with two attached hydrogens (primary N) is 1. The quantitative estimate of drug-likeness (QED) is 0.298. The van der Waals surface area contributed by atoms with Crippen molar-refractivity contribution in [2.24, 2.45) is 0 Å². The highest BCUT2D eigenvalue weighted by atomic mass is 16.4. The van der Waals surface area contributed by atoms with Crippen LogP contribution in [0.1, 0.15) is 39.4 Å². The fourth-order valence-corrected chi connectivity index (χ4v) is 3.41. The molecular weight excluding hydrogens is 450 g/mol. The minimum atomic E-state index is -1.37. The molecule has 6 N–H and O–H groups in total. The van der Waals surface area contributed by atoms with Crippen molar-refractivity contribution in [2.45, 2.75) is 25.4 Å². The van der Waals surface area contributed by atoms with Gasteiger partial charge in [-0.1, -0.05) is 0 Å². The molecule has 0 radical (unpaired) electrons. The largest absolute Gasteiger partial charge is 0.481 e. The van der Waals surface area contributed by atoms with Gasteiger partial charge in [0, 0.05) is 17.7 Å². The molecule has 1 aromatic carbocycles. The minimum Gasteiger partial charge on any atom is -0.481 e. The minimum absolute atomic E-state index is 0.0227. The number of hydrogen-bond donors (Lipinski definition) is 5. The number of aliphatic carboxylic acids is 2. The molecule has 0 saturated carbocycles. The van der Waals surface area contributed by atoms with E-state index >= 15 is 0 Å². The maximum atomic E-state index is 12.9. The second kappa shape index (κ2) is 8.57. The first kappa shape index (κ1) is 22.3. The first-order valence-electron chi connectivity index (χ1n) is 9.88. The van der Waals surface area contributed by atoms with E-state index in [1.165, 1.54) is 29.2 Å². The number of nitrogens with zero attached hydrogens (tertiary/aromatic N) is 4. The number of anilines is 2. The van der Waals surface area contributed by atoms with Crippen molar-refractivity contribution in [3.63, 3.8) is 0 Å². The highest BCUT2D eigenvalue weighted by Gasteiger charge is 2.32. The van der Waals surface area contributed by atoms with Gasteiger partial charge in [-0.3, -0.25) is 24.2 Å². The molecule has 4 rings (SSSR count). The van der Waals surface area contributed by atoms with E-state index in [4.69, 9.17) is 10.8 Å². The topological polar surface area (TPSA) is 222 Å². The molecule has 3 aromatic rings. The summed E-state index contributed by atoms with van der Waals surface area (Å²) < 4.78 is 0. The van der Waals surface area contributed by atoms with Crippen LogP contribution in [-0.4, -0.2) is 59.9 Å². The zero-order valence-corrected chi connectivity index (χ0v) is 17.3. The van der Waals surface area contributed by atoms with Gasteiger partial charge >= 0.3 is 11.9 Å². The van der Waals surface area contributed by atoms with Crippen LogP contribution < -0.4 is 21.5 Å². The molecule has 0 unspecified atom stereocenters. The molecule has 0 aliphatic carbocycles. The lowest BCUT2D eigenvalue weighted by molar-refractivity contribution is -0.140. The van der Waals surface area contributed by atoms with Crippen molar-refractivity contribution in [3.05, 3.63) is 51.6 Å². The Labute approximate surface area is 189 Å². The van der Waals surface area contributed by atoms with Gasteiger partial charge in [-0.25, -0.2) is 14.8 Å². The third-order valence-corrected chi connectivity index (χ3v) is 5.08. The van der Waals surface area contributed by atoms with Gasteiger partial charge in [0.15, 0.2) is 16.9 Å². The summed E-state index contributed by atoms with van der Waals surface area (Å²) in [5, 5.41) is 20.2. The van der Waals surface area contributed by atoms with Crippen LogP contribution in [0.25, 0.3) is 11.2 Å². The first-order valence-corrected chi connectivity index (χ1v) is 9.88. The lowest BCUT2D eigenvalue weighted by Crippen LogP contribution is -2.41. The monoisotopic (exact) mass is 467 g/mol. The fraction of sp³-hybridized carbons (Fsp3) is 0.200. The Morgan fingerprint density at radius 1 is 1.12 bits per heavy atom. The van der Waals surface area contributed by atoms with Crippen molar-refractivity contribution >= 4 is 46.6 Å². The van der Waals surface area contributed by atoms with Crippen LogP contribution in [0, 0.1) is 0 Å². The smallest absolute Gasteiger partial charge is 0.326 e. The summed E-state index contributed by atoms with van der Waals surface area (Å²) in [4.78, 5) is 75.2. The maximum Gasteiger partial charge on any atom is 0.326 e. The Balaban J connectivity index is 1.52. The third-order valence-electron chi connectivity index (χ3n) is 5.08. The van der Waals surface area contributed by atoms with Crippen LogP contribution in [0.2, 0.25) is 0 Å². The number of H-pyrrole nitrogens is 1. The molecule has 0 saturated heterocycles. The second-order valence-corrected chi connectivity index (χ2v) is 7.38. The van der Waals surface area contributed by atoms with Crippen molar-refractivity contribution < 1.29 is 29.4 Å². The highest BCUT2D eigenvalue weighted by molar-refractivity contribution is 6.09. The zero-order chi connectivity index (χ0) is 24.6. The van der Waals surface area contributed by atoms with Crippen LogP contribution in [0.5, 0.6) is 0 Å². The predicted octanol–water partition coefficient (Wildman–Crippen LogP) is -0.496.